The maximum Gasteiger partial charge on any atom is 0.148 e. The predicted molar refractivity (Wildman–Crippen MR) is 74.4 cm³/mol. The molecule has 0 saturated carbocycles. The van der Waals surface area contributed by atoms with E-state index in [1.165, 1.54) is 23.8 Å². The topological polar surface area (TPSA) is 46.2 Å². The van der Waals surface area contributed by atoms with Crippen LogP contribution in [0, 0.1) is 0 Å². The zero-order chi connectivity index (χ0) is 13.2. The van der Waals surface area contributed by atoms with E-state index < -0.39 is 9.84 Å². The number of nitrogens with one attached hydrogen (secondary N) is 1. The van der Waals surface area contributed by atoms with E-state index in [1.54, 1.807) is 0 Å². The molecule has 0 fully saturated rings. The Kier molecular flexibility index (Phi) is 4.07. The van der Waals surface area contributed by atoms with E-state index >= 15 is 0 Å². The van der Waals surface area contributed by atoms with Crippen molar-refractivity contribution < 1.29 is 8.42 Å². The minimum absolute atomic E-state index is 0.00356. The molecule has 1 N–H and O–H groups in total. The summed E-state index contributed by atoms with van der Waals surface area (Å²) in [6, 6.07) is 8.74. The molecular formula is C14H21NO2S. The van der Waals surface area contributed by atoms with E-state index in [0.717, 1.165) is 12.8 Å². The van der Waals surface area contributed by atoms with Gasteiger partial charge in [-0.25, -0.2) is 8.42 Å². The maximum atomic E-state index is 11.3. The SMILES string of the molecule is C[C@@H](CS(C)(=O)=O)N[C@@H]1CCCc2ccccc21. The van der Waals surface area contributed by atoms with Gasteiger partial charge in [-0.05, 0) is 37.3 Å². The van der Waals surface area contributed by atoms with Crippen LogP contribution in [0.25, 0.3) is 0 Å². The second-order valence-electron chi connectivity index (χ2n) is 5.30. The monoisotopic (exact) mass is 267 g/mol. The van der Waals surface area contributed by atoms with Gasteiger partial charge in [-0.2, -0.15) is 0 Å². The first-order valence-corrected chi connectivity index (χ1v) is 8.53. The van der Waals surface area contributed by atoms with Crippen LogP contribution in [0.2, 0.25) is 0 Å². The molecule has 100 valence electrons. The Morgan fingerprint density at radius 3 is 2.83 bits per heavy atom. The molecule has 0 bridgehead atoms. The Labute approximate surface area is 110 Å². The van der Waals surface area contributed by atoms with Crippen LogP contribution in [0.3, 0.4) is 0 Å². The van der Waals surface area contributed by atoms with Crippen molar-refractivity contribution in [1.82, 2.24) is 5.32 Å². The Hall–Kier alpha value is -0.870. The molecule has 0 aromatic heterocycles. The summed E-state index contributed by atoms with van der Waals surface area (Å²) in [6.45, 7) is 1.94. The smallest absolute Gasteiger partial charge is 0.148 e. The van der Waals surface area contributed by atoms with E-state index in [1.807, 2.05) is 6.92 Å². The molecule has 4 heteroatoms. The molecule has 0 aliphatic heterocycles. The predicted octanol–water partition coefficient (Wildman–Crippen LogP) is 2.09. The summed E-state index contributed by atoms with van der Waals surface area (Å²) in [4.78, 5) is 0. The van der Waals surface area contributed by atoms with Crippen LogP contribution in [-0.4, -0.2) is 26.5 Å². The summed E-state index contributed by atoms with van der Waals surface area (Å²) < 4.78 is 22.6. The van der Waals surface area contributed by atoms with Crippen molar-refractivity contribution in [3.05, 3.63) is 35.4 Å². The summed E-state index contributed by atoms with van der Waals surface area (Å²) in [5.41, 5.74) is 2.73. The molecule has 18 heavy (non-hydrogen) atoms. The van der Waals surface area contributed by atoms with E-state index in [4.69, 9.17) is 0 Å². The molecule has 0 spiro atoms. The molecule has 1 aliphatic rings. The molecule has 1 aromatic rings. The number of benzene rings is 1. The molecule has 2 atom stereocenters. The van der Waals surface area contributed by atoms with Gasteiger partial charge in [0.25, 0.3) is 0 Å². The minimum atomic E-state index is -2.91. The van der Waals surface area contributed by atoms with Gasteiger partial charge in [0.1, 0.15) is 9.84 Å². The summed E-state index contributed by atoms with van der Waals surface area (Å²) in [5.74, 6) is 0.200. The van der Waals surface area contributed by atoms with Crippen LogP contribution in [0.15, 0.2) is 24.3 Å². The number of fused-ring (bicyclic) bond motifs is 1. The zero-order valence-corrected chi connectivity index (χ0v) is 11.8. The molecular weight excluding hydrogens is 246 g/mol. The summed E-state index contributed by atoms with van der Waals surface area (Å²) in [5, 5.41) is 3.45. The van der Waals surface area contributed by atoms with Gasteiger partial charge in [-0.15, -0.1) is 0 Å². The van der Waals surface area contributed by atoms with Gasteiger partial charge >= 0.3 is 0 Å². The summed E-state index contributed by atoms with van der Waals surface area (Å²) >= 11 is 0. The standard InChI is InChI=1S/C14H21NO2S/c1-11(10-18(2,16)17)15-14-9-5-7-12-6-3-4-8-13(12)14/h3-4,6,8,11,14-15H,5,7,9-10H2,1-2H3/t11-,14+/m0/s1. The lowest BCUT2D eigenvalue weighted by Crippen LogP contribution is -2.37. The Morgan fingerprint density at radius 2 is 2.11 bits per heavy atom. The van der Waals surface area contributed by atoms with Crippen LogP contribution >= 0.6 is 0 Å². The first kappa shape index (κ1) is 13.6. The number of hydrogen-bond donors (Lipinski definition) is 1. The summed E-state index contributed by atoms with van der Waals surface area (Å²) in [7, 11) is -2.91. The van der Waals surface area contributed by atoms with Gasteiger partial charge in [-0.1, -0.05) is 24.3 Å². The molecule has 1 aliphatic carbocycles. The quantitative estimate of drug-likeness (QED) is 0.908. The fourth-order valence-electron chi connectivity index (χ4n) is 2.77. The van der Waals surface area contributed by atoms with Crippen molar-refractivity contribution in [3.63, 3.8) is 0 Å². The van der Waals surface area contributed by atoms with Gasteiger partial charge in [0.15, 0.2) is 0 Å². The van der Waals surface area contributed by atoms with E-state index in [2.05, 4.69) is 29.6 Å². The highest BCUT2D eigenvalue weighted by atomic mass is 32.2. The Morgan fingerprint density at radius 1 is 1.39 bits per heavy atom. The highest BCUT2D eigenvalue weighted by molar-refractivity contribution is 7.90. The van der Waals surface area contributed by atoms with Gasteiger partial charge in [0, 0.05) is 18.3 Å². The van der Waals surface area contributed by atoms with Gasteiger partial charge in [0.2, 0.25) is 0 Å². The average molecular weight is 267 g/mol. The van der Waals surface area contributed by atoms with Crippen molar-refractivity contribution in [2.45, 2.75) is 38.3 Å². The number of hydrogen-bond acceptors (Lipinski definition) is 3. The van der Waals surface area contributed by atoms with E-state index in [0.29, 0.717) is 6.04 Å². The molecule has 1 aromatic carbocycles. The molecule has 0 saturated heterocycles. The normalized spacial score (nSPS) is 21.3. The summed E-state index contributed by atoms with van der Waals surface area (Å²) in [6.07, 6.45) is 4.68. The lowest BCUT2D eigenvalue weighted by atomic mass is 9.87. The molecule has 0 unspecified atom stereocenters. The van der Waals surface area contributed by atoms with E-state index in [-0.39, 0.29) is 11.8 Å². The van der Waals surface area contributed by atoms with Gasteiger partial charge in [0.05, 0.1) is 5.75 Å². The zero-order valence-electron chi connectivity index (χ0n) is 11.0. The number of sulfone groups is 1. The first-order valence-electron chi connectivity index (χ1n) is 6.47. The molecule has 0 radical (unpaired) electrons. The highest BCUT2D eigenvalue weighted by Crippen LogP contribution is 2.29. The Balaban J connectivity index is 2.07. The molecule has 3 nitrogen and oxygen atoms in total. The van der Waals surface area contributed by atoms with Crippen molar-refractivity contribution in [3.8, 4) is 0 Å². The number of aryl methyl sites for hydroxylation is 1. The maximum absolute atomic E-state index is 11.3. The first-order chi connectivity index (χ1) is 8.46. The fourth-order valence-corrected chi connectivity index (χ4v) is 3.78. The van der Waals surface area contributed by atoms with E-state index in [9.17, 15) is 8.42 Å². The van der Waals surface area contributed by atoms with Crippen molar-refractivity contribution >= 4 is 9.84 Å². The number of rotatable bonds is 4. The van der Waals surface area contributed by atoms with Crippen LogP contribution < -0.4 is 5.32 Å². The third-order valence-corrected chi connectivity index (χ3v) is 4.51. The van der Waals surface area contributed by atoms with Crippen molar-refractivity contribution in [1.29, 1.82) is 0 Å². The van der Waals surface area contributed by atoms with Gasteiger partial charge < -0.3 is 5.32 Å². The van der Waals surface area contributed by atoms with Crippen LogP contribution in [-0.2, 0) is 16.3 Å². The van der Waals surface area contributed by atoms with Gasteiger partial charge in [-0.3, -0.25) is 0 Å². The third kappa shape index (κ3) is 3.56. The lowest BCUT2D eigenvalue weighted by Gasteiger charge is -2.29. The van der Waals surface area contributed by atoms with Crippen molar-refractivity contribution in [2.75, 3.05) is 12.0 Å². The largest absolute Gasteiger partial charge is 0.306 e. The third-order valence-electron chi connectivity index (χ3n) is 3.41. The highest BCUT2D eigenvalue weighted by Gasteiger charge is 2.22. The average Bonchev–Trinajstić information content (AvgIpc) is 2.27. The molecule has 2 rings (SSSR count). The van der Waals surface area contributed by atoms with Crippen LogP contribution in [0.5, 0.6) is 0 Å². The van der Waals surface area contributed by atoms with Crippen LogP contribution in [0.4, 0.5) is 0 Å². The molecule has 0 heterocycles. The van der Waals surface area contributed by atoms with Crippen LogP contribution in [0.1, 0.15) is 36.9 Å². The Bertz CT molecular complexity index is 510. The fraction of sp³-hybridized carbons (Fsp3) is 0.571. The second-order valence-corrected chi connectivity index (χ2v) is 7.49. The lowest BCUT2D eigenvalue weighted by molar-refractivity contribution is 0.423. The minimum Gasteiger partial charge on any atom is -0.306 e. The van der Waals surface area contributed by atoms with Crippen molar-refractivity contribution in [2.24, 2.45) is 0 Å². The molecule has 0 amide bonds. The second kappa shape index (κ2) is 5.41.